The number of carbonyl (C=O) groups is 2. The van der Waals surface area contributed by atoms with Crippen molar-refractivity contribution in [2.45, 2.75) is 45.4 Å². The van der Waals surface area contributed by atoms with E-state index in [9.17, 15) is 9.59 Å². The van der Waals surface area contributed by atoms with E-state index in [1.54, 1.807) is 0 Å². The molecule has 0 amide bonds. The maximum Gasteiger partial charge on any atom is 0.320 e. The standard InChI is InChI=1S/C12H20O4/c1-2-7-16-12(15)10(11(13)14)8-9-5-3-4-6-9/h9-10H,2-8H2,1H3,(H,13,14)/t10-/m1/s1. The first-order chi connectivity index (χ1) is 7.65. The quantitative estimate of drug-likeness (QED) is 0.559. The molecule has 0 saturated heterocycles. The molecule has 1 aliphatic carbocycles. The minimum absolute atomic E-state index is 0.313. The predicted molar refractivity (Wildman–Crippen MR) is 59.0 cm³/mol. The van der Waals surface area contributed by atoms with Crippen LogP contribution in [0.25, 0.3) is 0 Å². The molecule has 1 saturated carbocycles. The van der Waals surface area contributed by atoms with Crippen LogP contribution in [0.2, 0.25) is 0 Å². The largest absolute Gasteiger partial charge is 0.481 e. The number of carboxylic acid groups (broad SMARTS) is 1. The first kappa shape index (κ1) is 13.0. The van der Waals surface area contributed by atoms with E-state index in [1.165, 1.54) is 0 Å². The summed E-state index contributed by atoms with van der Waals surface area (Å²) in [6.45, 7) is 2.20. The first-order valence-corrected chi connectivity index (χ1v) is 6.04. The molecule has 0 aromatic carbocycles. The number of aliphatic carboxylic acids is 1. The van der Waals surface area contributed by atoms with E-state index in [-0.39, 0.29) is 0 Å². The van der Waals surface area contributed by atoms with Gasteiger partial charge in [-0.3, -0.25) is 9.59 Å². The van der Waals surface area contributed by atoms with Crippen molar-refractivity contribution in [3.05, 3.63) is 0 Å². The molecule has 0 aromatic heterocycles. The van der Waals surface area contributed by atoms with Crippen LogP contribution < -0.4 is 0 Å². The zero-order chi connectivity index (χ0) is 12.0. The van der Waals surface area contributed by atoms with Gasteiger partial charge in [-0.1, -0.05) is 32.6 Å². The molecule has 16 heavy (non-hydrogen) atoms. The van der Waals surface area contributed by atoms with Crippen molar-refractivity contribution in [1.29, 1.82) is 0 Å². The summed E-state index contributed by atoms with van der Waals surface area (Å²) in [5, 5.41) is 9.00. The van der Waals surface area contributed by atoms with E-state index < -0.39 is 17.9 Å². The van der Waals surface area contributed by atoms with Gasteiger partial charge in [0.25, 0.3) is 0 Å². The Morgan fingerprint density at radius 3 is 2.50 bits per heavy atom. The van der Waals surface area contributed by atoms with Crippen LogP contribution in [0.4, 0.5) is 0 Å². The van der Waals surface area contributed by atoms with E-state index in [2.05, 4.69) is 0 Å². The molecule has 1 aliphatic rings. The predicted octanol–water partition coefficient (Wildman–Crippen LogP) is 2.22. The fraction of sp³-hybridized carbons (Fsp3) is 0.833. The Hall–Kier alpha value is -1.06. The number of rotatable bonds is 6. The van der Waals surface area contributed by atoms with Gasteiger partial charge in [0, 0.05) is 0 Å². The molecule has 1 atom stereocenters. The van der Waals surface area contributed by atoms with Gasteiger partial charge in [-0.2, -0.15) is 0 Å². The monoisotopic (exact) mass is 228 g/mol. The minimum Gasteiger partial charge on any atom is -0.481 e. The zero-order valence-corrected chi connectivity index (χ0v) is 9.78. The van der Waals surface area contributed by atoms with Crippen molar-refractivity contribution in [3.63, 3.8) is 0 Å². The third-order valence-electron chi connectivity index (χ3n) is 3.07. The molecule has 0 aromatic rings. The second-order valence-electron chi connectivity index (χ2n) is 4.44. The Morgan fingerprint density at radius 1 is 1.38 bits per heavy atom. The van der Waals surface area contributed by atoms with Crippen molar-refractivity contribution in [2.75, 3.05) is 6.61 Å². The average Bonchev–Trinajstić information content (AvgIpc) is 2.74. The third-order valence-corrected chi connectivity index (χ3v) is 3.07. The lowest BCUT2D eigenvalue weighted by Crippen LogP contribution is -2.28. The number of hydrogen-bond acceptors (Lipinski definition) is 3. The van der Waals surface area contributed by atoms with Crippen LogP contribution in [-0.4, -0.2) is 23.7 Å². The van der Waals surface area contributed by atoms with E-state index in [0.717, 1.165) is 32.1 Å². The van der Waals surface area contributed by atoms with E-state index in [4.69, 9.17) is 9.84 Å². The number of carbonyl (C=O) groups excluding carboxylic acids is 1. The summed E-state index contributed by atoms with van der Waals surface area (Å²) in [5.74, 6) is -2.20. The summed E-state index contributed by atoms with van der Waals surface area (Å²) in [4.78, 5) is 22.5. The molecule has 0 spiro atoms. The lowest BCUT2D eigenvalue weighted by molar-refractivity contribution is -0.159. The number of carboxylic acids is 1. The lowest BCUT2D eigenvalue weighted by Gasteiger charge is -2.15. The van der Waals surface area contributed by atoms with Gasteiger partial charge in [0.1, 0.15) is 0 Å². The molecule has 0 bridgehead atoms. The summed E-state index contributed by atoms with van der Waals surface area (Å²) >= 11 is 0. The number of hydrogen-bond donors (Lipinski definition) is 1. The molecule has 1 fully saturated rings. The van der Waals surface area contributed by atoms with Crippen LogP contribution in [0, 0.1) is 11.8 Å². The van der Waals surface area contributed by atoms with Crippen LogP contribution >= 0.6 is 0 Å². The lowest BCUT2D eigenvalue weighted by atomic mass is 9.93. The van der Waals surface area contributed by atoms with Crippen LogP contribution in [0.5, 0.6) is 0 Å². The molecule has 1 rings (SSSR count). The Morgan fingerprint density at radius 2 is 2.00 bits per heavy atom. The highest BCUT2D eigenvalue weighted by atomic mass is 16.5. The Balaban J connectivity index is 2.45. The number of esters is 1. The topological polar surface area (TPSA) is 63.6 Å². The molecular formula is C12H20O4. The van der Waals surface area contributed by atoms with Crippen LogP contribution in [0.15, 0.2) is 0 Å². The van der Waals surface area contributed by atoms with Gasteiger partial charge in [-0.05, 0) is 18.8 Å². The average molecular weight is 228 g/mol. The second-order valence-corrected chi connectivity index (χ2v) is 4.44. The molecule has 4 nitrogen and oxygen atoms in total. The molecule has 0 heterocycles. The van der Waals surface area contributed by atoms with Gasteiger partial charge < -0.3 is 9.84 Å². The van der Waals surface area contributed by atoms with Gasteiger partial charge >= 0.3 is 11.9 Å². The molecular weight excluding hydrogens is 208 g/mol. The molecule has 92 valence electrons. The van der Waals surface area contributed by atoms with E-state index in [0.29, 0.717) is 18.9 Å². The van der Waals surface area contributed by atoms with Gasteiger partial charge in [-0.25, -0.2) is 0 Å². The number of ether oxygens (including phenoxy) is 1. The molecule has 0 aliphatic heterocycles. The van der Waals surface area contributed by atoms with Crippen molar-refractivity contribution in [1.82, 2.24) is 0 Å². The molecule has 0 radical (unpaired) electrons. The summed E-state index contributed by atoms with van der Waals surface area (Å²) in [7, 11) is 0. The first-order valence-electron chi connectivity index (χ1n) is 6.04. The minimum atomic E-state index is -1.05. The van der Waals surface area contributed by atoms with Crippen molar-refractivity contribution >= 4 is 11.9 Å². The van der Waals surface area contributed by atoms with E-state index >= 15 is 0 Å². The highest BCUT2D eigenvalue weighted by molar-refractivity contribution is 5.93. The highest BCUT2D eigenvalue weighted by Crippen LogP contribution is 2.30. The maximum atomic E-state index is 11.5. The second kappa shape index (κ2) is 6.51. The molecule has 0 unspecified atom stereocenters. The zero-order valence-electron chi connectivity index (χ0n) is 9.78. The van der Waals surface area contributed by atoms with Gasteiger partial charge in [-0.15, -0.1) is 0 Å². The Labute approximate surface area is 96.0 Å². The normalized spacial score (nSPS) is 18.3. The van der Waals surface area contributed by atoms with Gasteiger partial charge in [0.05, 0.1) is 6.61 Å². The Bertz CT molecular complexity index is 243. The third kappa shape index (κ3) is 3.83. The van der Waals surface area contributed by atoms with Crippen molar-refractivity contribution in [2.24, 2.45) is 11.8 Å². The van der Waals surface area contributed by atoms with Gasteiger partial charge in [0.2, 0.25) is 0 Å². The smallest absolute Gasteiger partial charge is 0.320 e. The van der Waals surface area contributed by atoms with Crippen molar-refractivity contribution < 1.29 is 19.4 Å². The van der Waals surface area contributed by atoms with Crippen LogP contribution in [0.3, 0.4) is 0 Å². The molecule has 1 N–H and O–H groups in total. The van der Waals surface area contributed by atoms with Crippen LogP contribution in [0.1, 0.15) is 45.4 Å². The van der Waals surface area contributed by atoms with Crippen molar-refractivity contribution in [3.8, 4) is 0 Å². The van der Waals surface area contributed by atoms with Crippen LogP contribution in [-0.2, 0) is 14.3 Å². The van der Waals surface area contributed by atoms with E-state index in [1.807, 2.05) is 6.92 Å². The fourth-order valence-corrected chi connectivity index (χ4v) is 2.18. The SMILES string of the molecule is CCCOC(=O)[C@H](CC1CCCC1)C(=O)O. The molecule has 4 heteroatoms. The maximum absolute atomic E-state index is 11.5. The fourth-order valence-electron chi connectivity index (χ4n) is 2.18. The summed E-state index contributed by atoms with van der Waals surface area (Å²) in [6, 6.07) is 0. The summed E-state index contributed by atoms with van der Waals surface area (Å²) in [6.07, 6.45) is 5.57. The van der Waals surface area contributed by atoms with Gasteiger partial charge in [0.15, 0.2) is 5.92 Å². The summed E-state index contributed by atoms with van der Waals surface area (Å²) in [5.41, 5.74) is 0. The Kier molecular flexibility index (Phi) is 5.29. The highest BCUT2D eigenvalue weighted by Gasteiger charge is 2.31. The summed E-state index contributed by atoms with van der Waals surface area (Å²) < 4.78 is 4.91.